The molecule has 0 aromatic heterocycles. The zero-order valence-electron chi connectivity index (χ0n) is 19.6. The predicted octanol–water partition coefficient (Wildman–Crippen LogP) is 4.76. The van der Waals surface area contributed by atoms with Crippen molar-refractivity contribution in [3.8, 4) is 0 Å². The van der Waals surface area contributed by atoms with E-state index in [-0.39, 0.29) is 23.4 Å². The second-order valence-corrected chi connectivity index (χ2v) is 11.0. The summed E-state index contributed by atoms with van der Waals surface area (Å²) in [7, 11) is 3.88. The van der Waals surface area contributed by atoms with Crippen molar-refractivity contribution in [3.05, 3.63) is 0 Å². The van der Waals surface area contributed by atoms with E-state index >= 15 is 0 Å². The van der Waals surface area contributed by atoms with Gasteiger partial charge >= 0.3 is 5.97 Å². The number of nitrogens with zero attached hydrogens (tertiary/aromatic N) is 1. The zero-order valence-corrected chi connectivity index (χ0v) is 19.6. The summed E-state index contributed by atoms with van der Waals surface area (Å²) in [4.78, 5) is 15.5. The Kier molecular flexibility index (Phi) is 5.83. The lowest BCUT2D eigenvalue weighted by Gasteiger charge is -2.66. The van der Waals surface area contributed by atoms with Gasteiger partial charge in [-0.25, -0.2) is 0 Å². The molecule has 29 heavy (non-hydrogen) atoms. The van der Waals surface area contributed by atoms with E-state index in [0.717, 1.165) is 24.9 Å². The van der Waals surface area contributed by atoms with Crippen LogP contribution in [0.2, 0.25) is 0 Å². The van der Waals surface area contributed by atoms with Gasteiger partial charge in [-0.2, -0.15) is 0 Å². The van der Waals surface area contributed by atoms with Crippen molar-refractivity contribution in [1.82, 2.24) is 4.90 Å². The first-order valence-corrected chi connectivity index (χ1v) is 12.2. The van der Waals surface area contributed by atoms with Crippen LogP contribution in [-0.4, -0.2) is 50.3 Å². The van der Waals surface area contributed by atoms with Crippen molar-refractivity contribution < 1.29 is 14.3 Å². The SMILES string of the molecule is CC[C@]1(C)[C@@H]2CO[C@H](C)[C@H](C(=O)OC)[C@@H]2C[C@@H]2N(C)CCC21C1CCCCC1C. The maximum atomic E-state index is 12.8. The van der Waals surface area contributed by atoms with E-state index in [9.17, 15) is 4.79 Å². The predicted molar refractivity (Wildman–Crippen MR) is 116 cm³/mol. The quantitative estimate of drug-likeness (QED) is 0.635. The molecule has 0 spiro atoms. The lowest BCUT2D eigenvalue weighted by atomic mass is 9.40. The van der Waals surface area contributed by atoms with E-state index < -0.39 is 0 Å². The van der Waals surface area contributed by atoms with Gasteiger partial charge in [0.1, 0.15) is 0 Å². The fourth-order valence-electron chi connectivity index (χ4n) is 8.82. The highest BCUT2D eigenvalue weighted by Crippen LogP contribution is 2.69. The highest BCUT2D eigenvalue weighted by molar-refractivity contribution is 5.73. The molecule has 2 aliphatic heterocycles. The number of carbonyl (C=O) groups excluding carboxylic acids is 1. The van der Waals surface area contributed by atoms with Crippen LogP contribution in [-0.2, 0) is 14.3 Å². The molecule has 0 aromatic rings. The van der Waals surface area contributed by atoms with Gasteiger partial charge in [0.05, 0.1) is 25.7 Å². The van der Waals surface area contributed by atoms with Crippen molar-refractivity contribution in [2.45, 2.75) is 84.8 Å². The second-order valence-electron chi connectivity index (χ2n) is 11.0. The van der Waals surface area contributed by atoms with Crippen molar-refractivity contribution >= 4 is 5.97 Å². The molecule has 0 amide bonds. The molecule has 4 rings (SSSR count). The first-order chi connectivity index (χ1) is 13.8. The third-order valence-corrected chi connectivity index (χ3v) is 10.4. The van der Waals surface area contributed by atoms with Crippen molar-refractivity contribution in [2.75, 3.05) is 27.3 Å². The van der Waals surface area contributed by atoms with Gasteiger partial charge in [-0.1, -0.05) is 40.0 Å². The minimum atomic E-state index is -0.125. The maximum Gasteiger partial charge on any atom is 0.311 e. The Morgan fingerprint density at radius 2 is 1.93 bits per heavy atom. The largest absolute Gasteiger partial charge is 0.469 e. The number of hydrogen-bond donors (Lipinski definition) is 0. The van der Waals surface area contributed by atoms with E-state index in [2.05, 4.69) is 39.6 Å². The summed E-state index contributed by atoms with van der Waals surface area (Å²) in [6, 6.07) is 0.580. The molecule has 0 N–H and O–H groups in total. The van der Waals surface area contributed by atoms with Crippen molar-refractivity contribution in [2.24, 2.45) is 40.4 Å². The molecule has 4 heteroatoms. The topological polar surface area (TPSA) is 38.8 Å². The molecule has 2 heterocycles. The van der Waals surface area contributed by atoms with Crippen molar-refractivity contribution in [3.63, 3.8) is 0 Å². The fraction of sp³-hybridized carbons (Fsp3) is 0.960. The van der Waals surface area contributed by atoms with E-state index in [4.69, 9.17) is 9.47 Å². The number of carbonyl (C=O) groups is 1. The van der Waals surface area contributed by atoms with E-state index in [1.807, 2.05) is 0 Å². The average Bonchev–Trinajstić information content (AvgIpc) is 3.05. The van der Waals surface area contributed by atoms with Crippen LogP contribution in [0.15, 0.2) is 0 Å². The molecule has 3 unspecified atom stereocenters. The molecule has 4 nitrogen and oxygen atoms in total. The van der Waals surface area contributed by atoms with Crippen LogP contribution in [0.4, 0.5) is 0 Å². The third kappa shape index (κ3) is 2.95. The third-order valence-electron chi connectivity index (χ3n) is 10.4. The average molecular weight is 406 g/mol. The Morgan fingerprint density at radius 3 is 2.59 bits per heavy atom. The smallest absolute Gasteiger partial charge is 0.311 e. The number of hydrogen-bond acceptors (Lipinski definition) is 4. The minimum Gasteiger partial charge on any atom is -0.469 e. The van der Waals surface area contributed by atoms with Gasteiger partial charge in [-0.3, -0.25) is 4.79 Å². The molecule has 4 fully saturated rings. The van der Waals surface area contributed by atoms with Crippen LogP contribution in [0.5, 0.6) is 0 Å². The summed E-state index contributed by atoms with van der Waals surface area (Å²) in [6.07, 6.45) is 9.13. The number of ether oxygens (including phenoxy) is 2. The molecular weight excluding hydrogens is 362 g/mol. The van der Waals surface area contributed by atoms with Gasteiger partial charge in [0.2, 0.25) is 0 Å². The highest BCUT2D eigenvalue weighted by atomic mass is 16.5. The van der Waals surface area contributed by atoms with E-state index in [0.29, 0.717) is 23.3 Å². The zero-order chi connectivity index (χ0) is 21.0. The molecule has 4 aliphatic rings. The van der Waals surface area contributed by atoms with Gasteiger partial charge < -0.3 is 14.4 Å². The molecule has 9 atom stereocenters. The normalized spacial score (nSPS) is 50.6. The molecule has 2 saturated heterocycles. The van der Waals surface area contributed by atoms with Gasteiger partial charge in [0.25, 0.3) is 0 Å². The fourth-order valence-corrected chi connectivity index (χ4v) is 8.82. The van der Waals surface area contributed by atoms with Crippen LogP contribution in [0, 0.1) is 40.4 Å². The molecular formula is C25H43NO3. The number of rotatable bonds is 3. The molecule has 0 aromatic carbocycles. The van der Waals surface area contributed by atoms with E-state index in [1.165, 1.54) is 52.2 Å². The lowest BCUT2D eigenvalue weighted by Crippen LogP contribution is -2.66. The Labute approximate surface area is 178 Å². The summed E-state index contributed by atoms with van der Waals surface area (Å²) in [5.41, 5.74) is 0.552. The second kappa shape index (κ2) is 7.82. The number of methoxy groups -OCH3 is 1. The summed E-state index contributed by atoms with van der Waals surface area (Å²) < 4.78 is 11.6. The highest BCUT2D eigenvalue weighted by Gasteiger charge is 2.68. The van der Waals surface area contributed by atoms with Gasteiger partial charge in [-0.05, 0) is 80.7 Å². The number of esters is 1. The molecule has 2 saturated carbocycles. The molecule has 0 radical (unpaired) electrons. The van der Waals surface area contributed by atoms with Crippen LogP contribution in [0.1, 0.15) is 72.6 Å². The molecule has 0 bridgehead atoms. The number of fused-ring (bicyclic) bond motifs is 2. The summed E-state index contributed by atoms with van der Waals surface area (Å²) in [5.74, 6) is 2.23. The Morgan fingerprint density at radius 1 is 1.21 bits per heavy atom. The summed E-state index contributed by atoms with van der Waals surface area (Å²) in [5, 5.41) is 0. The first-order valence-electron chi connectivity index (χ1n) is 12.2. The van der Waals surface area contributed by atoms with Crippen molar-refractivity contribution in [1.29, 1.82) is 0 Å². The molecule has 2 aliphatic carbocycles. The lowest BCUT2D eigenvalue weighted by molar-refractivity contribution is -0.222. The van der Waals surface area contributed by atoms with Crippen LogP contribution >= 0.6 is 0 Å². The first kappa shape index (κ1) is 21.6. The summed E-state index contributed by atoms with van der Waals surface area (Å²) >= 11 is 0. The van der Waals surface area contributed by atoms with Gasteiger partial charge in [0.15, 0.2) is 0 Å². The Bertz CT molecular complexity index is 623. The van der Waals surface area contributed by atoms with Gasteiger partial charge in [-0.15, -0.1) is 0 Å². The van der Waals surface area contributed by atoms with Gasteiger partial charge in [0, 0.05) is 6.04 Å². The monoisotopic (exact) mass is 405 g/mol. The molecule has 166 valence electrons. The van der Waals surface area contributed by atoms with Crippen LogP contribution in [0.25, 0.3) is 0 Å². The maximum absolute atomic E-state index is 12.8. The standard InChI is InChI=1S/C25H43NO3/c1-7-24(4)20-15-29-17(3)22(23(27)28-6)18(20)14-21-25(24,12-13-26(21)5)19-11-9-8-10-16(19)2/h16-22H,7-15H2,1-6H3/t16?,17-,18-,19?,20-,21+,22+,24-,25?/m1/s1. The Hall–Kier alpha value is -0.610. The summed E-state index contributed by atoms with van der Waals surface area (Å²) in [6.45, 7) is 11.6. The van der Waals surface area contributed by atoms with Crippen LogP contribution < -0.4 is 0 Å². The van der Waals surface area contributed by atoms with E-state index in [1.54, 1.807) is 0 Å². The van der Waals surface area contributed by atoms with Crippen LogP contribution in [0.3, 0.4) is 0 Å². The minimum absolute atomic E-state index is 0.0439. The Balaban J connectivity index is 1.81. The number of likely N-dealkylation sites (tertiary alicyclic amines) is 1.